The maximum Gasteiger partial charge on any atom is 0.419 e. The molecule has 1 amide bonds. The Balaban J connectivity index is 1.54. The summed E-state index contributed by atoms with van der Waals surface area (Å²) < 4.78 is 6.79. The second-order valence-electron chi connectivity index (χ2n) is 8.01. The molecule has 1 fully saturated rings. The van der Waals surface area contributed by atoms with Crippen molar-refractivity contribution in [3.8, 4) is 0 Å². The van der Waals surface area contributed by atoms with E-state index in [4.69, 9.17) is 16.0 Å². The third kappa shape index (κ3) is 3.81. The first-order valence-electron chi connectivity index (χ1n) is 10.6. The molecule has 1 aliphatic rings. The summed E-state index contributed by atoms with van der Waals surface area (Å²) in [5.41, 5.74) is 0.895. The van der Waals surface area contributed by atoms with Crippen molar-refractivity contribution < 1.29 is 14.0 Å². The summed E-state index contributed by atoms with van der Waals surface area (Å²) in [4.78, 5) is 40.1. The van der Waals surface area contributed by atoms with Crippen LogP contribution < -0.4 is 5.76 Å². The van der Waals surface area contributed by atoms with Crippen LogP contribution in [0.5, 0.6) is 0 Å². The van der Waals surface area contributed by atoms with E-state index in [0.29, 0.717) is 47.5 Å². The molecular weight excluding hydrogens is 416 g/mol. The number of para-hydroxylation sites is 2. The fourth-order valence-corrected chi connectivity index (χ4v) is 4.92. The zero-order valence-corrected chi connectivity index (χ0v) is 18.2. The number of benzene rings is 2. The summed E-state index contributed by atoms with van der Waals surface area (Å²) in [5.74, 6) is -0.548. The van der Waals surface area contributed by atoms with Crippen molar-refractivity contribution in [2.75, 3.05) is 7.05 Å². The number of halogens is 1. The fourth-order valence-electron chi connectivity index (χ4n) is 4.62. The van der Waals surface area contributed by atoms with E-state index in [0.717, 1.165) is 12.8 Å². The third-order valence-electron chi connectivity index (χ3n) is 6.27. The molecule has 1 aromatic heterocycles. The number of ketones is 1. The summed E-state index contributed by atoms with van der Waals surface area (Å²) >= 11 is 6.47. The highest BCUT2D eigenvalue weighted by Gasteiger charge is 2.47. The Bertz CT molecular complexity index is 1180. The highest BCUT2D eigenvalue weighted by Crippen LogP contribution is 2.42. The van der Waals surface area contributed by atoms with E-state index >= 15 is 0 Å². The van der Waals surface area contributed by atoms with Gasteiger partial charge in [-0.1, -0.05) is 41.9 Å². The zero-order chi connectivity index (χ0) is 22.0. The first kappa shape index (κ1) is 21.4. The number of rotatable bonds is 6. The molecule has 31 heavy (non-hydrogen) atoms. The van der Waals surface area contributed by atoms with Gasteiger partial charge in [-0.25, -0.2) is 4.79 Å². The van der Waals surface area contributed by atoms with Crippen molar-refractivity contribution in [2.45, 2.75) is 50.6 Å². The van der Waals surface area contributed by atoms with Crippen LogP contribution in [0.15, 0.2) is 57.7 Å². The van der Waals surface area contributed by atoms with Crippen LogP contribution in [-0.4, -0.2) is 28.2 Å². The number of carbonyl (C=O) groups is 2. The number of nitrogens with zero attached hydrogens (tertiary/aromatic N) is 2. The number of aromatic nitrogens is 1. The Hall–Kier alpha value is -2.86. The maximum absolute atomic E-state index is 13.2. The number of hydrogen-bond acceptors (Lipinski definition) is 4. The number of amides is 1. The number of likely N-dealkylation sites (N-methyl/N-ethyl adjacent to an activating group) is 1. The van der Waals surface area contributed by atoms with Crippen LogP contribution in [0.3, 0.4) is 0 Å². The molecule has 2 aromatic carbocycles. The van der Waals surface area contributed by atoms with Crippen LogP contribution in [0.4, 0.5) is 0 Å². The van der Waals surface area contributed by atoms with Gasteiger partial charge in [0.25, 0.3) is 0 Å². The van der Waals surface area contributed by atoms with E-state index in [1.165, 1.54) is 4.57 Å². The minimum Gasteiger partial charge on any atom is -0.408 e. The second kappa shape index (κ2) is 8.71. The van der Waals surface area contributed by atoms with E-state index in [1.807, 2.05) is 36.4 Å². The monoisotopic (exact) mass is 440 g/mol. The van der Waals surface area contributed by atoms with Gasteiger partial charge in [0, 0.05) is 37.0 Å². The number of oxazole rings is 1. The fraction of sp³-hybridized carbons (Fsp3) is 0.375. The van der Waals surface area contributed by atoms with Gasteiger partial charge in [0.05, 0.1) is 5.52 Å². The first-order chi connectivity index (χ1) is 14.9. The van der Waals surface area contributed by atoms with Crippen LogP contribution in [-0.2, 0) is 21.7 Å². The van der Waals surface area contributed by atoms with Crippen molar-refractivity contribution in [2.24, 2.45) is 0 Å². The molecule has 1 unspecified atom stereocenters. The van der Waals surface area contributed by atoms with Crippen LogP contribution in [0.25, 0.3) is 11.1 Å². The quantitative estimate of drug-likeness (QED) is 0.564. The number of Topliss-reactive ketones (excluding diaryl/α,β-unsaturated/α-hetero) is 1. The van der Waals surface area contributed by atoms with Crippen molar-refractivity contribution in [1.29, 1.82) is 0 Å². The second-order valence-corrected chi connectivity index (χ2v) is 8.42. The number of aryl methyl sites for hydroxylation is 1. The van der Waals surface area contributed by atoms with Crippen molar-refractivity contribution in [1.82, 2.24) is 9.47 Å². The lowest BCUT2D eigenvalue weighted by Gasteiger charge is -2.44. The van der Waals surface area contributed by atoms with E-state index < -0.39 is 11.3 Å². The summed E-state index contributed by atoms with van der Waals surface area (Å²) in [5, 5.41) is 0.494. The average Bonchev–Trinajstić information content (AvgIpc) is 3.09. The highest BCUT2D eigenvalue weighted by molar-refractivity contribution is 6.31. The van der Waals surface area contributed by atoms with E-state index in [9.17, 15) is 14.4 Å². The largest absolute Gasteiger partial charge is 0.419 e. The van der Waals surface area contributed by atoms with Gasteiger partial charge in [-0.2, -0.15) is 0 Å². The number of hydrogen-bond donors (Lipinski definition) is 0. The van der Waals surface area contributed by atoms with E-state index in [-0.39, 0.29) is 18.1 Å². The Morgan fingerprint density at radius 2 is 1.87 bits per heavy atom. The number of carbonyl (C=O) groups excluding carboxylic acids is 2. The topological polar surface area (TPSA) is 72.5 Å². The predicted octanol–water partition coefficient (Wildman–Crippen LogP) is 4.53. The molecule has 7 heteroatoms. The average molecular weight is 441 g/mol. The molecule has 1 heterocycles. The van der Waals surface area contributed by atoms with Crippen LogP contribution in [0, 0.1) is 0 Å². The molecule has 4 rings (SSSR count). The maximum atomic E-state index is 13.2. The van der Waals surface area contributed by atoms with Crippen LogP contribution in [0.2, 0.25) is 5.02 Å². The molecule has 0 radical (unpaired) electrons. The molecule has 1 saturated carbocycles. The van der Waals surface area contributed by atoms with Gasteiger partial charge in [-0.15, -0.1) is 0 Å². The lowest BCUT2D eigenvalue weighted by Crippen LogP contribution is -2.54. The zero-order valence-electron chi connectivity index (χ0n) is 17.5. The molecule has 0 aliphatic heterocycles. The summed E-state index contributed by atoms with van der Waals surface area (Å²) in [6.07, 6.45) is 3.33. The van der Waals surface area contributed by atoms with E-state index in [2.05, 4.69) is 0 Å². The van der Waals surface area contributed by atoms with Crippen molar-refractivity contribution in [3.05, 3.63) is 69.7 Å². The molecule has 0 bridgehead atoms. The van der Waals surface area contributed by atoms with Gasteiger partial charge in [0.2, 0.25) is 5.91 Å². The van der Waals surface area contributed by atoms with Crippen LogP contribution in [0.1, 0.15) is 44.1 Å². The first-order valence-corrected chi connectivity index (χ1v) is 11.0. The Kier molecular flexibility index (Phi) is 6.01. The van der Waals surface area contributed by atoms with Crippen molar-refractivity contribution in [3.63, 3.8) is 0 Å². The van der Waals surface area contributed by atoms with Crippen LogP contribution >= 0.6 is 11.6 Å². The predicted molar refractivity (Wildman–Crippen MR) is 119 cm³/mol. The van der Waals surface area contributed by atoms with Gasteiger partial charge in [0.1, 0.15) is 5.54 Å². The molecule has 0 spiro atoms. The summed E-state index contributed by atoms with van der Waals surface area (Å²) in [7, 11) is 1.69. The highest BCUT2D eigenvalue weighted by atomic mass is 35.5. The standard InChI is InChI=1S/C24H25ClN2O4/c1-26(24(15-7-6-13-21(24)28)17-9-2-3-10-18(17)25)22(29)14-8-16-27-19-11-4-5-12-20(19)31-23(27)30/h2-5,9-12H,6-8,13-16H2,1H3. The SMILES string of the molecule is CN(C(=O)CCCn1c(=O)oc2ccccc21)C1(c2ccccc2Cl)CCCCC1=O. The molecular formula is C24H25ClN2O4. The normalized spacial score (nSPS) is 19.0. The lowest BCUT2D eigenvalue weighted by molar-refractivity contribution is -0.148. The Labute approximate surface area is 185 Å². The van der Waals surface area contributed by atoms with Gasteiger partial charge in [0.15, 0.2) is 11.4 Å². The molecule has 162 valence electrons. The molecule has 6 nitrogen and oxygen atoms in total. The minimum absolute atomic E-state index is 0.0275. The smallest absolute Gasteiger partial charge is 0.408 e. The molecule has 1 atom stereocenters. The molecule has 3 aromatic rings. The molecule has 0 N–H and O–H groups in total. The molecule has 0 saturated heterocycles. The van der Waals surface area contributed by atoms with Crippen molar-refractivity contribution >= 4 is 34.4 Å². The minimum atomic E-state index is -1.03. The Morgan fingerprint density at radius 3 is 2.65 bits per heavy atom. The van der Waals surface area contributed by atoms with Gasteiger partial charge in [-0.05, 0) is 43.9 Å². The van der Waals surface area contributed by atoms with Gasteiger partial charge < -0.3 is 9.32 Å². The van der Waals surface area contributed by atoms with Gasteiger partial charge in [-0.3, -0.25) is 14.2 Å². The third-order valence-corrected chi connectivity index (χ3v) is 6.60. The Morgan fingerprint density at radius 1 is 1.13 bits per heavy atom. The summed E-state index contributed by atoms with van der Waals surface area (Å²) in [6.45, 7) is 0.364. The van der Waals surface area contributed by atoms with Gasteiger partial charge >= 0.3 is 5.76 Å². The number of fused-ring (bicyclic) bond motifs is 1. The summed E-state index contributed by atoms with van der Waals surface area (Å²) in [6, 6.07) is 14.5. The van der Waals surface area contributed by atoms with E-state index in [1.54, 1.807) is 24.1 Å². The molecule has 1 aliphatic carbocycles. The lowest BCUT2D eigenvalue weighted by atomic mass is 9.74.